The van der Waals surface area contributed by atoms with Gasteiger partial charge in [-0.15, -0.1) is 6.42 Å². The topological polar surface area (TPSA) is 88.1 Å². The number of terminal acetylenes is 1. The van der Waals surface area contributed by atoms with Crippen molar-refractivity contribution >= 4 is 28.7 Å². The molecule has 1 aliphatic rings. The van der Waals surface area contributed by atoms with Crippen molar-refractivity contribution in [1.82, 2.24) is 19.5 Å². The van der Waals surface area contributed by atoms with Crippen LogP contribution in [0.25, 0.3) is 11.2 Å². The molecule has 138 valence electrons. The second kappa shape index (κ2) is 7.37. The van der Waals surface area contributed by atoms with Crippen LogP contribution in [-0.4, -0.2) is 26.3 Å². The van der Waals surface area contributed by atoms with Crippen LogP contribution >= 0.6 is 11.8 Å². The first kappa shape index (κ1) is 17.5. The summed E-state index contributed by atoms with van der Waals surface area (Å²) < 4.78 is 13.0. The Morgan fingerprint density at radius 1 is 1.26 bits per heavy atom. The van der Waals surface area contributed by atoms with E-state index >= 15 is 0 Å². The van der Waals surface area contributed by atoms with E-state index in [4.69, 9.17) is 26.6 Å². The smallest absolute Gasteiger partial charge is 0.231 e. The highest BCUT2D eigenvalue weighted by atomic mass is 32.2. The summed E-state index contributed by atoms with van der Waals surface area (Å²) in [5.74, 6) is 4.44. The largest absolute Gasteiger partial charge is 0.454 e. The van der Waals surface area contributed by atoms with Crippen molar-refractivity contribution in [1.29, 1.82) is 0 Å². The molecule has 0 fully saturated rings. The minimum atomic E-state index is 0.203. The van der Waals surface area contributed by atoms with Gasteiger partial charge in [0.15, 0.2) is 33.6 Å². The summed E-state index contributed by atoms with van der Waals surface area (Å²) in [6, 6.07) is 3.72. The number of aromatic nitrogens is 4. The van der Waals surface area contributed by atoms with E-state index in [0.717, 1.165) is 47.1 Å². The van der Waals surface area contributed by atoms with Gasteiger partial charge in [-0.1, -0.05) is 37.4 Å². The fourth-order valence-corrected chi connectivity index (χ4v) is 3.97. The van der Waals surface area contributed by atoms with Gasteiger partial charge in [0.25, 0.3) is 0 Å². The Morgan fingerprint density at radius 2 is 2.07 bits per heavy atom. The average molecular weight is 381 g/mol. The SMILES string of the molecule is C#Cc1cc2c(cc1Sc1nc3c(N)ncnc3n1CCCCC)OCO2. The normalized spacial score (nSPS) is 12.4. The summed E-state index contributed by atoms with van der Waals surface area (Å²) in [6.45, 7) is 3.18. The van der Waals surface area contributed by atoms with Gasteiger partial charge in [-0.3, -0.25) is 0 Å². The number of ether oxygens (including phenoxy) is 2. The van der Waals surface area contributed by atoms with Crippen LogP contribution in [0.15, 0.2) is 28.5 Å². The van der Waals surface area contributed by atoms with Crippen molar-refractivity contribution in [3.8, 4) is 23.8 Å². The summed E-state index contributed by atoms with van der Waals surface area (Å²) in [7, 11) is 0. The predicted octanol–water partition coefficient (Wildman–Crippen LogP) is 3.46. The van der Waals surface area contributed by atoms with Crippen molar-refractivity contribution in [2.45, 2.75) is 42.8 Å². The third-order valence-corrected chi connectivity index (χ3v) is 5.39. The van der Waals surface area contributed by atoms with Crippen LogP contribution in [0.3, 0.4) is 0 Å². The molecule has 2 aromatic heterocycles. The number of nitrogens with zero attached hydrogens (tertiary/aromatic N) is 4. The first-order valence-electron chi connectivity index (χ1n) is 8.76. The Kier molecular flexibility index (Phi) is 4.77. The highest BCUT2D eigenvalue weighted by Crippen LogP contribution is 2.41. The summed E-state index contributed by atoms with van der Waals surface area (Å²) in [6.07, 6.45) is 10.5. The summed E-state index contributed by atoms with van der Waals surface area (Å²) in [5, 5.41) is 0.781. The zero-order valence-electron chi connectivity index (χ0n) is 14.9. The Balaban J connectivity index is 1.76. The summed E-state index contributed by atoms with van der Waals surface area (Å²) >= 11 is 1.47. The molecular weight excluding hydrogens is 362 g/mol. The number of nitrogen functional groups attached to an aromatic ring is 1. The van der Waals surface area contributed by atoms with Crippen molar-refractivity contribution in [2.24, 2.45) is 0 Å². The molecule has 0 saturated heterocycles. The molecular formula is C19H19N5O2S. The van der Waals surface area contributed by atoms with Gasteiger partial charge in [-0.05, 0) is 12.5 Å². The van der Waals surface area contributed by atoms with Gasteiger partial charge in [-0.2, -0.15) is 0 Å². The lowest BCUT2D eigenvalue weighted by Gasteiger charge is -2.09. The molecule has 0 saturated carbocycles. The van der Waals surface area contributed by atoms with Crippen LogP contribution in [0.5, 0.6) is 11.5 Å². The fraction of sp³-hybridized carbons (Fsp3) is 0.316. The van der Waals surface area contributed by atoms with Crippen LogP contribution in [-0.2, 0) is 6.54 Å². The number of nitrogens with two attached hydrogens (primary N) is 1. The standard InChI is InChI=1S/C19H19N5O2S/c1-3-5-6-7-24-18-16(17(20)21-10-22-18)23-19(24)27-15-9-14-13(25-11-26-14)8-12(15)4-2/h2,8-10H,3,5-7,11H2,1H3,(H2,20,21,22). The second-order valence-electron chi connectivity index (χ2n) is 6.13. The highest BCUT2D eigenvalue weighted by molar-refractivity contribution is 7.99. The van der Waals surface area contributed by atoms with E-state index in [2.05, 4.69) is 27.4 Å². The Hall–Kier alpha value is -2.92. The zero-order valence-corrected chi connectivity index (χ0v) is 15.8. The third-order valence-electron chi connectivity index (χ3n) is 4.34. The van der Waals surface area contributed by atoms with Gasteiger partial charge in [0.05, 0.1) is 0 Å². The number of fused-ring (bicyclic) bond motifs is 2. The number of anilines is 1. The number of benzene rings is 1. The maximum atomic E-state index is 6.01. The Labute approximate surface area is 161 Å². The van der Waals surface area contributed by atoms with Crippen molar-refractivity contribution < 1.29 is 9.47 Å². The summed E-state index contributed by atoms with van der Waals surface area (Å²) in [4.78, 5) is 14.0. The van der Waals surface area contributed by atoms with Crippen LogP contribution in [0, 0.1) is 12.3 Å². The van der Waals surface area contributed by atoms with Gasteiger partial charge in [0, 0.05) is 23.1 Å². The molecule has 0 amide bonds. The zero-order chi connectivity index (χ0) is 18.8. The van der Waals surface area contributed by atoms with Crippen molar-refractivity contribution in [3.63, 3.8) is 0 Å². The van der Waals surface area contributed by atoms with Gasteiger partial charge < -0.3 is 19.8 Å². The lowest BCUT2D eigenvalue weighted by Crippen LogP contribution is -2.02. The minimum Gasteiger partial charge on any atom is -0.454 e. The van der Waals surface area contributed by atoms with Crippen LogP contribution < -0.4 is 15.2 Å². The molecule has 0 spiro atoms. The minimum absolute atomic E-state index is 0.203. The number of hydrogen-bond donors (Lipinski definition) is 1. The van der Waals surface area contributed by atoms with E-state index in [9.17, 15) is 0 Å². The lowest BCUT2D eigenvalue weighted by molar-refractivity contribution is 0.174. The molecule has 1 aliphatic heterocycles. The summed E-state index contributed by atoms with van der Waals surface area (Å²) in [5.41, 5.74) is 8.09. The van der Waals surface area contributed by atoms with E-state index in [0.29, 0.717) is 22.8 Å². The number of aryl methyl sites for hydroxylation is 1. The quantitative estimate of drug-likeness (QED) is 0.517. The number of unbranched alkanes of at least 4 members (excludes halogenated alkanes) is 2. The molecule has 0 radical (unpaired) electrons. The van der Waals surface area contributed by atoms with E-state index in [1.165, 1.54) is 18.1 Å². The van der Waals surface area contributed by atoms with Crippen molar-refractivity contribution in [3.05, 3.63) is 24.0 Å². The van der Waals surface area contributed by atoms with Gasteiger partial charge >= 0.3 is 0 Å². The van der Waals surface area contributed by atoms with Gasteiger partial charge in [-0.25, -0.2) is 15.0 Å². The average Bonchev–Trinajstić information content (AvgIpc) is 3.26. The first-order chi connectivity index (χ1) is 13.2. The fourth-order valence-electron chi connectivity index (χ4n) is 2.95. The van der Waals surface area contributed by atoms with Crippen molar-refractivity contribution in [2.75, 3.05) is 12.5 Å². The Bertz CT molecular complexity index is 1040. The molecule has 3 aromatic rings. The van der Waals surface area contributed by atoms with Gasteiger partial charge in [0.2, 0.25) is 6.79 Å². The van der Waals surface area contributed by atoms with Crippen LogP contribution in [0.2, 0.25) is 0 Å². The maximum Gasteiger partial charge on any atom is 0.231 e. The number of hydrogen-bond acceptors (Lipinski definition) is 7. The molecule has 4 rings (SSSR count). The second-order valence-corrected chi connectivity index (χ2v) is 7.14. The molecule has 3 heterocycles. The van der Waals surface area contributed by atoms with E-state index in [1.54, 1.807) is 0 Å². The van der Waals surface area contributed by atoms with Gasteiger partial charge in [0.1, 0.15) is 6.33 Å². The third kappa shape index (κ3) is 3.26. The molecule has 0 aliphatic carbocycles. The van der Waals surface area contributed by atoms with E-state index < -0.39 is 0 Å². The molecule has 27 heavy (non-hydrogen) atoms. The Morgan fingerprint density at radius 3 is 2.85 bits per heavy atom. The highest BCUT2D eigenvalue weighted by Gasteiger charge is 2.20. The first-order valence-corrected chi connectivity index (χ1v) is 9.57. The molecule has 0 atom stereocenters. The predicted molar refractivity (Wildman–Crippen MR) is 104 cm³/mol. The molecule has 8 heteroatoms. The number of rotatable bonds is 6. The maximum absolute atomic E-state index is 6.01. The molecule has 1 aromatic carbocycles. The molecule has 0 bridgehead atoms. The molecule has 0 unspecified atom stereocenters. The number of imidazole rings is 1. The van der Waals surface area contributed by atoms with E-state index in [-0.39, 0.29) is 6.79 Å². The lowest BCUT2D eigenvalue weighted by atomic mass is 10.2. The van der Waals surface area contributed by atoms with E-state index in [1.807, 2.05) is 12.1 Å². The van der Waals surface area contributed by atoms with Crippen LogP contribution in [0.1, 0.15) is 31.7 Å². The van der Waals surface area contributed by atoms with Crippen LogP contribution in [0.4, 0.5) is 5.82 Å². The monoisotopic (exact) mass is 381 g/mol. The molecule has 7 nitrogen and oxygen atoms in total. The molecule has 2 N–H and O–H groups in total.